The van der Waals surface area contributed by atoms with Gasteiger partial charge in [0.15, 0.2) is 0 Å². The number of carbonyl (C=O) groups excluding carboxylic acids is 2. The normalized spacial score (nSPS) is 16.8. The molecule has 2 amide bonds. The van der Waals surface area contributed by atoms with Gasteiger partial charge < -0.3 is 10.6 Å². The van der Waals surface area contributed by atoms with E-state index in [2.05, 4.69) is 33.9 Å². The lowest BCUT2D eigenvalue weighted by molar-refractivity contribution is -0.118. The maximum absolute atomic E-state index is 12.5. The molecule has 0 bridgehead atoms. The summed E-state index contributed by atoms with van der Waals surface area (Å²) in [7, 11) is 0. The van der Waals surface area contributed by atoms with E-state index in [0.29, 0.717) is 30.4 Å². The van der Waals surface area contributed by atoms with Crippen LogP contribution in [0.5, 0.6) is 0 Å². The Morgan fingerprint density at radius 2 is 2.12 bits per heavy atom. The monoisotopic (exact) mass is 371 g/mol. The molecule has 1 aliphatic rings. The number of amides is 2. The van der Waals surface area contributed by atoms with Crippen LogP contribution in [0.1, 0.15) is 47.1 Å². The van der Waals surface area contributed by atoms with Gasteiger partial charge in [-0.1, -0.05) is 13.0 Å². The number of nitrogens with zero attached hydrogens (tertiary/aromatic N) is 1. The summed E-state index contributed by atoms with van der Waals surface area (Å²) in [6, 6.07) is 9.55. The van der Waals surface area contributed by atoms with Gasteiger partial charge in [0, 0.05) is 35.3 Å². The molecular weight excluding hydrogens is 346 g/mol. The number of benzene rings is 1. The summed E-state index contributed by atoms with van der Waals surface area (Å²) in [6.07, 6.45) is 1.99. The molecule has 1 aromatic heterocycles. The fourth-order valence-corrected chi connectivity index (χ4v) is 4.43. The molecule has 26 heavy (non-hydrogen) atoms. The molecule has 0 saturated carbocycles. The van der Waals surface area contributed by atoms with Crippen molar-refractivity contribution in [1.29, 1.82) is 0 Å². The van der Waals surface area contributed by atoms with E-state index >= 15 is 0 Å². The minimum atomic E-state index is -0.129. The van der Waals surface area contributed by atoms with Crippen molar-refractivity contribution in [3.05, 3.63) is 51.7 Å². The quantitative estimate of drug-likeness (QED) is 0.818. The van der Waals surface area contributed by atoms with Crippen LogP contribution in [0, 0.1) is 0 Å². The molecule has 138 valence electrons. The molecule has 1 aliphatic heterocycles. The second-order valence-corrected chi connectivity index (χ2v) is 7.43. The molecule has 1 unspecified atom stereocenters. The predicted molar refractivity (Wildman–Crippen MR) is 106 cm³/mol. The Balaban J connectivity index is 1.64. The Labute approximate surface area is 158 Å². The Bertz CT molecular complexity index is 787. The van der Waals surface area contributed by atoms with Crippen LogP contribution >= 0.6 is 11.3 Å². The molecule has 2 aromatic rings. The summed E-state index contributed by atoms with van der Waals surface area (Å²) in [5.74, 6) is -0.175. The third-order valence-electron chi connectivity index (χ3n) is 4.68. The molecule has 1 aromatic carbocycles. The predicted octanol–water partition coefficient (Wildman–Crippen LogP) is 3.45. The molecule has 6 heteroatoms. The highest BCUT2D eigenvalue weighted by atomic mass is 32.1. The Morgan fingerprint density at radius 3 is 2.88 bits per heavy atom. The standard InChI is InChI=1S/C20H25N3O2S/c1-3-17-16-9-11-26-18(16)8-10-23(17)13-19(24)22-15-7-5-6-14(12-15)20(25)21-4-2/h5-7,9,11-12,17H,3-4,8,10,13H2,1-2H3,(H,21,25)(H,22,24). The average Bonchev–Trinajstić information content (AvgIpc) is 3.10. The summed E-state index contributed by atoms with van der Waals surface area (Å²) in [5, 5.41) is 7.84. The minimum absolute atomic E-state index is 0.0461. The van der Waals surface area contributed by atoms with Gasteiger partial charge in [-0.25, -0.2) is 0 Å². The van der Waals surface area contributed by atoms with E-state index in [-0.39, 0.29) is 11.8 Å². The van der Waals surface area contributed by atoms with Crippen LogP contribution in [0.2, 0.25) is 0 Å². The van der Waals surface area contributed by atoms with Crippen molar-refractivity contribution in [3.63, 3.8) is 0 Å². The van der Waals surface area contributed by atoms with E-state index in [9.17, 15) is 9.59 Å². The van der Waals surface area contributed by atoms with E-state index in [1.54, 1.807) is 18.2 Å². The fourth-order valence-electron chi connectivity index (χ4n) is 3.50. The molecular formula is C20H25N3O2S. The van der Waals surface area contributed by atoms with Crippen molar-refractivity contribution in [2.75, 3.05) is 25.0 Å². The molecule has 0 saturated heterocycles. The zero-order valence-corrected chi connectivity index (χ0v) is 16.1. The Kier molecular flexibility index (Phi) is 6.06. The fraction of sp³-hybridized carbons (Fsp3) is 0.400. The van der Waals surface area contributed by atoms with E-state index in [1.807, 2.05) is 24.3 Å². The van der Waals surface area contributed by atoms with Crippen LogP contribution in [0.4, 0.5) is 5.69 Å². The minimum Gasteiger partial charge on any atom is -0.352 e. The molecule has 2 heterocycles. The second-order valence-electron chi connectivity index (χ2n) is 6.43. The number of rotatable bonds is 6. The number of hydrogen-bond acceptors (Lipinski definition) is 4. The summed E-state index contributed by atoms with van der Waals surface area (Å²) in [5.41, 5.74) is 2.58. The van der Waals surface area contributed by atoms with Crippen molar-refractivity contribution in [2.24, 2.45) is 0 Å². The average molecular weight is 372 g/mol. The van der Waals surface area contributed by atoms with Crippen LogP contribution in [0.15, 0.2) is 35.7 Å². The topological polar surface area (TPSA) is 61.4 Å². The first kappa shape index (κ1) is 18.6. The molecule has 5 nitrogen and oxygen atoms in total. The van der Waals surface area contributed by atoms with Crippen LogP contribution in [0.25, 0.3) is 0 Å². The lowest BCUT2D eigenvalue weighted by Gasteiger charge is -2.34. The summed E-state index contributed by atoms with van der Waals surface area (Å²) >= 11 is 1.81. The smallest absolute Gasteiger partial charge is 0.251 e. The number of anilines is 1. The van der Waals surface area contributed by atoms with Gasteiger partial charge in [-0.3, -0.25) is 14.5 Å². The highest BCUT2D eigenvalue weighted by Gasteiger charge is 2.28. The number of hydrogen-bond donors (Lipinski definition) is 2. The van der Waals surface area contributed by atoms with Gasteiger partial charge in [-0.2, -0.15) is 0 Å². The lowest BCUT2D eigenvalue weighted by Crippen LogP contribution is -2.40. The van der Waals surface area contributed by atoms with Crippen LogP contribution < -0.4 is 10.6 Å². The molecule has 0 aliphatic carbocycles. The van der Waals surface area contributed by atoms with E-state index in [4.69, 9.17) is 0 Å². The first-order valence-electron chi connectivity index (χ1n) is 9.10. The van der Waals surface area contributed by atoms with Crippen molar-refractivity contribution < 1.29 is 9.59 Å². The molecule has 2 N–H and O–H groups in total. The number of fused-ring (bicyclic) bond motifs is 1. The highest BCUT2D eigenvalue weighted by Crippen LogP contribution is 2.34. The van der Waals surface area contributed by atoms with Gasteiger partial charge in [0.2, 0.25) is 5.91 Å². The van der Waals surface area contributed by atoms with E-state index < -0.39 is 0 Å². The van der Waals surface area contributed by atoms with Crippen molar-refractivity contribution in [1.82, 2.24) is 10.2 Å². The molecule has 3 rings (SSSR count). The van der Waals surface area contributed by atoms with Crippen molar-refractivity contribution in [3.8, 4) is 0 Å². The first-order chi connectivity index (χ1) is 12.6. The third kappa shape index (κ3) is 4.14. The zero-order valence-electron chi connectivity index (χ0n) is 15.2. The maximum Gasteiger partial charge on any atom is 0.251 e. The van der Waals surface area contributed by atoms with Crippen LogP contribution in [0.3, 0.4) is 0 Å². The van der Waals surface area contributed by atoms with Crippen molar-refractivity contribution in [2.45, 2.75) is 32.7 Å². The van der Waals surface area contributed by atoms with Gasteiger partial charge in [0.05, 0.1) is 6.54 Å². The third-order valence-corrected chi connectivity index (χ3v) is 5.68. The van der Waals surface area contributed by atoms with Gasteiger partial charge in [-0.15, -0.1) is 11.3 Å². The summed E-state index contributed by atoms with van der Waals surface area (Å²) in [4.78, 5) is 28.2. The Morgan fingerprint density at radius 1 is 1.27 bits per heavy atom. The lowest BCUT2D eigenvalue weighted by atomic mass is 9.98. The van der Waals surface area contributed by atoms with E-state index in [1.165, 1.54) is 10.4 Å². The SMILES string of the molecule is CCNC(=O)c1cccc(NC(=O)CN2CCc3sccc3C2CC)c1. The molecule has 0 fully saturated rings. The molecule has 1 atom stereocenters. The largest absolute Gasteiger partial charge is 0.352 e. The van der Waals surface area contributed by atoms with E-state index in [0.717, 1.165) is 19.4 Å². The molecule has 0 radical (unpaired) electrons. The first-order valence-corrected chi connectivity index (χ1v) is 9.98. The second kappa shape index (κ2) is 8.47. The summed E-state index contributed by atoms with van der Waals surface area (Å²) < 4.78 is 0. The highest BCUT2D eigenvalue weighted by molar-refractivity contribution is 7.10. The van der Waals surface area contributed by atoms with Crippen molar-refractivity contribution >= 4 is 28.8 Å². The summed E-state index contributed by atoms with van der Waals surface area (Å²) in [6.45, 7) is 5.88. The maximum atomic E-state index is 12.5. The van der Waals surface area contributed by atoms with Gasteiger partial charge >= 0.3 is 0 Å². The Hall–Kier alpha value is -2.18. The number of carbonyl (C=O) groups is 2. The molecule has 0 spiro atoms. The van der Waals surface area contributed by atoms with Gasteiger partial charge in [0.25, 0.3) is 5.91 Å². The van der Waals surface area contributed by atoms with Gasteiger partial charge in [0.1, 0.15) is 0 Å². The number of thiophene rings is 1. The van der Waals surface area contributed by atoms with Gasteiger partial charge in [-0.05, 0) is 55.0 Å². The number of nitrogens with one attached hydrogen (secondary N) is 2. The zero-order chi connectivity index (χ0) is 18.5. The van der Waals surface area contributed by atoms with Crippen LogP contribution in [-0.4, -0.2) is 36.3 Å². The van der Waals surface area contributed by atoms with Crippen LogP contribution in [-0.2, 0) is 11.2 Å².